The molecule has 2 aromatic rings. The summed E-state index contributed by atoms with van der Waals surface area (Å²) in [6.07, 6.45) is 4.02. The number of hydrogen-bond donors (Lipinski definition) is 2. The van der Waals surface area contributed by atoms with Crippen molar-refractivity contribution in [3.05, 3.63) is 64.9 Å². The van der Waals surface area contributed by atoms with Gasteiger partial charge < -0.3 is 15.4 Å². The molecule has 0 radical (unpaired) electrons. The smallest absolute Gasteiger partial charge is 0.408 e. The Morgan fingerprint density at radius 2 is 1.73 bits per heavy atom. The number of alkyl carbamates (subject to hydrolysis) is 1. The Labute approximate surface area is 222 Å². The van der Waals surface area contributed by atoms with E-state index in [2.05, 4.69) is 10.6 Å². The molecule has 1 aliphatic carbocycles. The molecule has 0 saturated heterocycles. The van der Waals surface area contributed by atoms with Crippen molar-refractivity contribution in [3.63, 3.8) is 0 Å². The lowest BCUT2D eigenvalue weighted by molar-refractivity contribution is -0.127. The first-order valence-electron chi connectivity index (χ1n) is 12.6. The molecule has 1 fully saturated rings. The Morgan fingerprint density at radius 1 is 1.05 bits per heavy atom. The summed E-state index contributed by atoms with van der Waals surface area (Å²) < 4.78 is 19.6. The standard InChI is InChI=1S/C28H35ClFN3O4/c1-18(31-27(36)37-28(2,3)4)26(35)33(21-14-10-11-19(30)17-21)24(22-15-8-9-16-23(22)29)25(34)32-20-12-6-5-7-13-20/h8-11,14-18,20,24H,5-7,12-13H2,1-4H3,(H,31,36)(H,32,34). The highest BCUT2D eigenvalue weighted by Crippen LogP contribution is 2.33. The predicted molar refractivity (Wildman–Crippen MR) is 142 cm³/mol. The molecule has 0 bridgehead atoms. The number of nitrogens with one attached hydrogen (secondary N) is 2. The Kier molecular flexibility index (Phi) is 9.54. The fourth-order valence-electron chi connectivity index (χ4n) is 4.41. The lowest BCUT2D eigenvalue weighted by Gasteiger charge is -2.35. The zero-order chi connectivity index (χ0) is 27.2. The van der Waals surface area contributed by atoms with Crippen LogP contribution in [0.25, 0.3) is 0 Å². The first-order valence-corrected chi connectivity index (χ1v) is 13.0. The third-order valence-corrected chi connectivity index (χ3v) is 6.43. The van der Waals surface area contributed by atoms with Crippen LogP contribution in [0.4, 0.5) is 14.9 Å². The predicted octanol–water partition coefficient (Wildman–Crippen LogP) is 5.92. The summed E-state index contributed by atoms with van der Waals surface area (Å²) in [4.78, 5) is 41.3. The highest BCUT2D eigenvalue weighted by atomic mass is 35.5. The first kappa shape index (κ1) is 28.4. The van der Waals surface area contributed by atoms with Gasteiger partial charge >= 0.3 is 6.09 Å². The maximum Gasteiger partial charge on any atom is 0.408 e. The lowest BCUT2D eigenvalue weighted by atomic mass is 9.94. The average molecular weight is 532 g/mol. The van der Waals surface area contributed by atoms with Crippen LogP contribution in [0.3, 0.4) is 0 Å². The van der Waals surface area contributed by atoms with Crippen LogP contribution in [0, 0.1) is 5.82 Å². The van der Waals surface area contributed by atoms with E-state index in [0.29, 0.717) is 5.56 Å². The molecule has 2 atom stereocenters. The van der Waals surface area contributed by atoms with E-state index < -0.39 is 41.4 Å². The highest BCUT2D eigenvalue weighted by molar-refractivity contribution is 6.31. The van der Waals surface area contributed by atoms with E-state index in [-0.39, 0.29) is 16.8 Å². The van der Waals surface area contributed by atoms with E-state index in [0.717, 1.165) is 32.1 Å². The van der Waals surface area contributed by atoms with Crippen molar-refractivity contribution in [2.45, 2.75) is 83.5 Å². The number of amides is 3. The quantitative estimate of drug-likeness (QED) is 0.464. The SMILES string of the molecule is CC(NC(=O)OC(C)(C)C)C(=O)N(c1cccc(F)c1)C(C(=O)NC1CCCCC1)c1ccccc1Cl. The van der Waals surface area contributed by atoms with E-state index in [1.165, 1.54) is 30.0 Å². The Bertz CT molecular complexity index is 1110. The maximum absolute atomic E-state index is 14.4. The van der Waals surface area contributed by atoms with Gasteiger partial charge in [-0.3, -0.25) is 14.5 Å². The van der Waals surface area contributed by atoms with Crippen molar-refractivity contribution in [1.29, 1.82) is 0 Å². The van der Waals surface area contributed by atoms with Crippen LogP contribution in [0.5, 0.6) is 0 Å². The van der Waals surface area contributed by atoms with Crippen molar-refractivity contribution < 1.29 is 23.5 Å². The van der Waals surface area contributed by atoms with Crippen LogP contribution in [-0.2, 0) is 14.3 Å². The van der Waals surface area contributed by atoms with Crippen molar-refractivity contribution in [2.75, 3.05) is 4.90 Å². The van der Waals surface area contributed by atoms with Gasteiger partial charge in [0.1, 0.15) is 23.5 Å². The van der Waals surface area contributed by atoms with E-state index in [1.54, 1.807) is 51.1 Å². The van der Waals surface area contributed by atoms with Gasteiger partial charge in [-0.2, -0.15) is 0 Å². The summed E-state index contributed by atoms with van der Waals surface area (Å²) in [7, 11) is 0. The van der Waals surface area contributed by atoms with Gasteiger partial charge in [-0.25, -0.2) is 9.18 Å². The fourth-order valence-corrected chi connectivity index (χ4v) is 4.64. The Morgan fingerprint density at radius 3 is 2.35 bits per heavy atom. The number of carbonyl (C=O) groups is 3. The van der Waals surface area contributed by atoms with Crippen molar-refractivity contribution in [2.24, 2.45) is 0 Å². The molecular formula is C28H35ClFN3O4. The van der Waals surface area contributed by atoms with E-state index in [4.69, 9.17) is 16.3 Å². The molecular weight excluding hydrogens is 497 g/mol. The molecule has 2 aromatic carbocycles. The highest BCUT2D eigenvalue weighted by Gasteiger charge is 2.37. The Balaban J connectivity index is 2.04. The molecule has 3 amide bonds. The minimum atomic E-state index is -1.20. The van der Waals surface area contributed by atoms with Crippen LogP contribution < -0.4 is 15.5 Å². The van der Waals surface area contributed by atoms with E-state index in [1.807, 2.05) is 0 Å². The number of benzene rings is 2. The van der Waals surface area contributed by atoms with Gasteiger partial charge in [0.2, 0.25) is 11.8 Å². The van der Waals surface area contributed by atoms with Crippen LogP contribution >= 0.6 is 11.6 Å². The normalized spacial score (nSPS) is 15.8. The van der Waals surface area contributed by atoms with Crippen LogP contribution in [0.2, 0.25) is 5.02 Å². The topological polar surface area (TPSA) is 87.7 Å². The van der Waals surface area contributed by atoms with Crippen LogP contribution in [0.15, 0.2) is 48.5 Å². The molecule has 2 N–H and O–H groups in total. The van der Waals surface area contributed by atoms with Gasteiger partial charge in [-0.1, -0.05) is 55.1 Å². The minimum absolute atomic E-state index is 0.0342. The second-order valence-corrected chi connectivity index (χ2v) is 10.7. The number of anilines is 1. The molecule has 1 saturated carbocycles. The third-order valence-electron chi connectivity index (χ3n) is 6.09. The van der Waals surface area contributed by atoms with Gasteiger partial charge in [-0.05, 0) is 64.8 Å². The number of nitrogens with zero attached hydrogens (tertiary/aromatic N) is 1. The molecule has 1 aliphatic rings. The van der Waals surface area contributed by atoms with Gasteiger partial charge in [-0.15, -0.1) is 0 Å². The second-order valence-electron chi connectivity index (χ2n) is 10.3. The zero-order valence-corrected chi connectivity index (χ0v) is 22.5. The van der Waals surface area contributed by atoms with E-state index in [9.17, 15) is 18.8 Å². The van der Waals surface area contributed by atoms with Gasteiger partial charge in [0.15, 0.2) is 0 Å². The second kappa shape index (κ2) is 12.4. The van der Waals surface area contributed by atoms with Crippen LogP contribution in [-0.4, -0.2) is 35.6 Å². The number of carbonyl (C=O) groups excluding carboxylic acids is 3. The van der Waals surface area contributed by atoms with Crippen molar-refractivity contribution in [3.8, 4) is 0 Å². The molecule has 3 rings (SSSR count). The summed E-state index contributed by atoms with van der Waals surface area (Å²) in [6, 6.07) is 9.84. The van der Waals surface area contributed by atoms with Gasteiger partial charge in [0.05, 0.1) is 0 Å². The molecule has 7 nitrogen and oxygen atoms in total. The molecule has 0 aliphatic heterocycles. The zero-order valence-electron chi connectivity index (χ0n) is 21.7. The van der Waals surface area contributed by atoms with Crippen LogP contribution in [0.1, 0.15) is 71.4 Å². The molecule has 2 unspecified atom stereocenters. The van der Waals surface area contributed by atoms with Gasteiger partial charge in [0.25, 0.3) is 0 Å². The monoisotopic (exact) mass is 531 g/mol. The summed E-state index contributed by atoms with van der Waals surface area (Å²) >= 11 is 6.53. The third kappa shape index (κ3) is 7.92. The molecule has 0 aromatic heterocycles. The molecule has 37 heavy (non-hydrogen) atoms. The number of ether oxygens (including phenoxy) is 1. The maximum atomic E-state index is 14.4. The largest absolute Gasteiger partial charge is 0.444 e. The summed E-state index contributed by atoms with van der Waals surface area (Å²) in [6.45, 7) is 6.62. The molecule has 9 heteroatoms. The first-order chi connectivity index (χ1) is 17.5. The fraction of sp³-hybridized carbons (Fsp3) is 0.464. The van der Waals surface area contributed by atoms with Crippen molar-refractivity contribution in [1.82, 2.24) is 10.6 Å². The number of rotatable bonds is 7. The molecule has 0 spiro atoms. The number of hydrogen-bond acceptors (Lipinski definition) is 4. The minimum Gasteiger partial charge on any atom is -0.444 e. The Hall–Kier alpha value is -3.13. The summed E-state index contributed by atoms with van der Waals surface area (Å²) in [5.41, 5.74) is -0.221. The average Bonchev–Trinajstić information content (AvgIpc) is 2.82. The van der Waals surface area contributed by atoms with Crippen molar-refractivity contribution >= 4 is 35.2 Å². The molecule has 0 heterocycles. The molecule has 200 valence electrons. The summed E-state index contributed by atoms with van der Waals surface area (Å²) in [5, 5.41) is 5.89. The van der Waals surface area contributed by atoms with E-state index >= 15 is 0 Å². The lowest BCUT2D eigenvalue weighted by Crippen LogP contribution is -2.53. The van der Waals surface area contributed by atoms with Gasteiger partial charge in [0, 0.05) is 22.3 Å². The summed E-state index contributed by atoms with van der Waals surface area (Å²) in [5.74, 6) is -1.63. The number of halogens is 2.